The molecule has 0 unspecified atom stereocenters. The van der Waals surface area contributed by atoms with Crippen LogP contribution in [0, 0.1) is 13.8 Å². The lowest BCUT2D eigenvalue weighted by Gasteiger charge is -2.05. The first kappa shape index (κ1) is 21.2. The maximum absolute atomic E-state index is 13.0. The standard InChI is InChI=1S/C20H19N7O4S/c1-9-15(20(30)31-4)19(32-16(9)17(21)28)24-18(29)12-7-14-22-6-5-13(27(14)25-12)11-8-23-26(3)10(11)2/h5-8H,1-4H3,(H2,21,28)(H,24,29). The zero-order chi connectivity index (χ0) is 23.2. The van der Waals surface area contributed by atoms with Crippen molar-refractivity contribution in [2.75, 3.05) is 12.4 Å². The molecule has 4 rings (SSSR count). The number of hydrogen-bond donors (Lipinski definition) is 2. The Bertz CT molecular complexity index is 1400. The molecule has 4 aromatic rings. The summed E-state index contributed by atoms with van der Waals surface area (Å²) in [5.41, 5.74) is 8.85. The fourth-order valence-corrected chi connectivity index (χ4v) is 4.35. The van der Waals surface area contributed by atoms with Gasteiger partial charge in [-0.1, -0.05) is 0 Å². The van der Waals surface area contributed by atoms with Crippen LogP contribution < -0.4 is 11.1 Å². The van der Waals surface area contributed by atoms with Gasteiger partial charge in [0.1, 0.15) is 5.00 Å². The second-order valence-corrected chi connectivity index (χ2v) is 7.99. The van der Waals surface area contributed by atoms with E-state index in [9.17, 15) is 14.4 Å². The molecule has 32 heavy (non-hydrogen) atoms. The van der Waals surface area contributed by atoms with Gasteiger partial charge in [0.05, 0.1) is 29.4 Å². The number of hydrogen-bond acceptors (Lipinski definition) is 8. The van der Waals surface area contributed by atoms with Crippen LogP contribution in [0.4, 0.5) is 5.00 Å². The van der Waals surface area contributed by atoms with E-state index in [0.29, 0.717) is 11.2 Å². The summed E-state index contributed by atoms with van der Waals surface area (Å²) in [6.07, 6.45) is 3.34. The van der Waals surface area contributed by atoms with E-state index >= 15 is 0 Å². The minimum absolute atomic E-state index is 0.0770. The second-order valence-electron chi connectivity index (χ2n) is 6.97. The molecule has 0 saturated heterocycles. The highest BCUT2D eigenvalue weighted by atomic mass is 32.1. The first-order valence-corrected chi connectivity index (χ1v) is 10.2. The molecule has 4 aromatic heterocycles. The van der Waals surface area contributed by atoms with E-state index in [2.05, 4.69) is 20.5 Å². The fourth-order valence-electron chi connectivity index (χ4n) is 3.31. The molecule has 4 heterocycles. The zero-order valence-corrected chi connectivity index (χ0v) is 18.5. The molecule has 0 saturated carbocycles. The van der Waals surface area contributed by atoms with E-state index in [1.54, 1.807) is 34.6 Å². The summed E-state index contributed by atoms with van der Waals surface area (Å²) in [5.74, 6) is -1.97. The number of amides is 2. The van der Waals surface area contributed by atoms with E-state index in [-0.39, 0.29) is 21.1 Å². The second kappa shape index (κ2) is 7.89. The molecule has 0 atom stereocenters. The Balaban J connectivity index is 1.74. The number of nitrogens with one attached hydrogen (secondary N) is 1. The number of esters is 1. The van der Waals surface area contributed by atoms with Crippen molar-refractivity contribution < 1.29 is 19.1 Å². The van der Waals surface area contributed by atoms with Crippen molar-refractivity contribution in [2.24, 2.45) is 12.8 Å². The van der Waals surface area contributed by atoms with Gasteiger partial charge in [-0.15, -0.1) is 11.3 Å². The van der Waals surface area contributed by atoms with Crippen molar-refractivity contribution in [1.82, 2.24) is 24.4 Å². The molecule has 0 spiro atoms. The molecule has 12 heteroatoms. The van der Waals surface area contributed by atoms with Crippen molar-refractivity contribution in [1.29, 1.82) is 0 Å². The molecule has 0 aliphatic carbocycles. The number of carbonyl (C=O) groups excluding carboxylic acids is 3. The SMILES string of the molecule is COC(=O)c1c(NC(=O)c2cc3nccc(-c4cnn(C)c4C)n3n2)sc(C(N)=O)c1C. The zero-order valence-electron chi connectivity index (χ0n) is 17.7. The Morgan fingerprint density at radius 1 is 1.25 bits per heavy atom. The van der Waals surface area contributed by atoms with Crippen LogP contribution in [0.3, 0.4) is 0 Å². The van der Waals surface area contributed by atoms with Gasteiger partial charge in [0.15, 0.2) is 11.3 Å². The number of ether oxygens (including phenoxy) is 1. The van der Waals surface area contributed by atoms with Crippen molar-refractivity contribution in [3.8, 4) is 11.3 Å². The van der Waals surface area contributed by atoms with Crippen LogP contribution in [0.25, 0.3) is 16.9 Å². The van der Waals surface area contributed by atoms with Crippen LogP contribution in [-0.4, -0.2) is 49.3 Å². The normalized spacial score (nSPS) is 11.0. The van der Waals surface area contributed by atoms with Gasteiger partial charge >= 0.3 is 5.97 Å². The number of nitrogens with two attached hydrogens (primary N) is 1. The number of primary amides is 1. The maximum atomic E-state index is 13.0. The Kier molecular flexibility index (Phi) is 5.22. The number of anilines is 1. The van der Waals surface area contributed by atoms with E-state index in [1.807, 2.05) is 14.0 Å². The number of thiophene rings is 1. The third-order valence-electron chi connectivity index (χ3n) is 5.09. The number of fused-ring (bicyclic) bond motifs is 1. The molecule has 2 amide bonds. The number of carbonyl (C=O) groups is 3. The monoisotopic (exact) mass is 453 g/mol. The molecular formula is C20H19N7O4S. The fraction of sp³-hybridized carbons (Fsp3) is 0.200. The smallest absolute Gasteiger partial charge is 0.341 e. The average Bonchev–Trinajstić information content (AvgIpc) is 3.43. The predicted octanol–water partition coefficient (Wildman–Crippen LogP) is 1.95. The summed E-state index contributed by atoms with van der Waals surface area (Å²) in [5, 5.41) is 11.4. The van der Waals surface area contributed by atoms with Crippen LogP contribution >= 0.6 is 11.3 Å². The quantitative estimate of drug-likeness (QED) is 0.439. The topological polar surface area (TPSA) is 146 Å². The van der Waals surface area contributed by atoms with E-state index in [1.165, 1.54) is 13.2 Å². The Morgan fingerprint density at radius 2 is 2.00 bits per heavy atom. The molecule has 0 aliphatic heterocycles. The first-order valence-electron chi connectivity index (χ1n) is 9.39. The Hall–Kier alpha value is -4.06. The molecule has 0 fully saturated rings. The molecule has 0 aliphatic rings. The Morgan fingerprint density at radius 3 is 2.62 bits per heavy atom. The van der Waals surface area contributed by atoms with Gasteiger partial charge in [-0.05, 0) is 25.5 Å². The summed E-state index contributed by atoms with van der Waals surface area (Å²) in [7, 11) is 3.05. The lowest BCUT2D eigenvalue weighted by atomic mass is 10.1. The summed E-state index contributed by atoms with van der Waals surface area (Å²) in [6.45, 7) is 3.49. The van der Waals surface area contributed by atoms with Crippen LogP contribution in [-0.2, 0) is 11.8 Å². The molecule has 11 nitrogen and oxygen atoms in total. The van der Waals surface area contributed by atoms with Crippen LogP contribution in [0.5, 0.6) is 0 Å². The highest BCUT2D eigenvalue weighted by Gasteiger charge is 2.26. The molecule has 164 valence electrons. The number of rotatable bonds is 5. The molecule has 0 bridgehead atoms. The van der Waals surface area contributed by atoms with Gasteiger partial charge < -0.3 is 15.8 Å². The molecule has 0 aromatic carbocycles. The number of methoxy groups -OCH3 is 1. The van der Waals surface area contributed by atoms with Gasteiger partial charge in [-0.2, -0.15) is 10.2 Å². The van der Waals surface area contributed by atoms with Crippen LogP contribution in [0.15, 0.2) is 24.5 Å². The lowest BCUT2D eigenvalue weighted by molar-refractivity contribution is 0.0601. The minimum Gasteiger partial charge on any atom is -0.465 e. The number of aryl methyl sites for hydroxylation is 1. The summed E-state index contributed by atoms with van der Waals surface area (Å²) >= 11 is 0.904. The van der Waals surface area contributed by atoms with Gasteiger partial charge in [-0.3, -0.25) is 14.3 Å². The van der Waals surface area contributed by atoms with Crippen molar-refractivity contribution in [3.63, 3.8) is 0 Å². The minimum atomic E-state index is -0.702. The summed E-state index contributed by atoms with van der Waals surface area (Å²) in [6, 6.07) is 3.31. The average molecular weight is 453 g/mol. The van der Waals surface area contributed by atoms with E-state index in [0.717, 1.165) is 28.3 Å². The molecule has 3 N–H and O–H groups in total. The van der Waals surface area contributed by atoms with Gasteiger partial charge in [0.25, 0.3) is 11.8 Å². The summed E-state index contributed by atoms with van der Waals surface area (Å²) < 4.78 is 8.08. The molecular weight excluding hydrogens is 434 g/mol. The highest BCUT2D eigenvalue weighted by Crippen LogP contribution is 2.34. The largest absolute Gasteiger partial charge is 0.465 e. The van der Waals surface area contributed by atoms with Crippen molar-refractivity contribution >= 4 is 39.8 Å². The number of aromatic nitrogens is 5. The first-order chi connectivity index (χ1) is 15.2. The lowest BCUT2D eigenvalue weighted by Crippen LogP contribution is -2.15. The summed E-state index contributed by atoms with van der Waals surface area (Å²) in [4.78, 5) is 41.3. The number of nitrogens with zero attached hydrogens (tertiary/aromatic N) is 5. The van der Waals surface area contributed by atoms with Crippen molar-refractivity contribution in [3.05, 3.63) is 51.9 Å². The third-order valence-corrected chi connectivity index (χ3v) is 6.31. The van der Waals surface area contributed by atoms with Crippen LogP contribution in [0.2, 0.25) is 0 Å². The van der Waals surface area contributed by atoms with E-state index < -0.39 is 17.8 Å². The van der Waals surface area contributed by atoms with Gasteiger partial charge in [-0.25, -0.2) is 14.3 Å². The maximum Gasteiger partial charge on any atom is 0.341 e. The van der Waals surface area contributed by atoms with Gasteiger partial charge in [0.2, 0.25) is 0 Å². The Labute approximate surface area is 185 Å². The third kappa shape index (κ3) is 3.39. The van der Waals surface area contributed by atoms with Gasteiger partial charge in [0, 0.05) is 30.6 Å². The highest BCUT2D eigenvalue weighted by molar-refractivity contribution is 7.18. The van der Waals surface area contributed by atoms with Crippen LogP contribution in [0.1, 0.15) is 41.8 Å². The van der Waals surface area contributed by atoms with Crippen molar-refractivity contribution in [2.45, 2.75) is 13.8 Å². The van der Waals surface area contributed by atoms with E-state index in [4.69, 9.17) is 10.5 Å². The molecule has 0 radical (unpaired) electrons. The predicted molar refractivity (Wildman–Crippen MR) is 117 cm³/mol.